The van der Waals surface area contributed by atoms with Crippen LogP contribution in [0.2, 0.25) is 0 Å². The van der Waals surface area contributed by atoms with Gasteiger partial charge < -0.3 is 10.2 Å². The van der Waals surface area contributed by atoms with Gasteiger partial charge in [-0.3, -0.25) is 4.40 Å². The molecule has 0 atom stereocenters. The number of alkyl halides is 3. The van der Waals surface area contributed by atoms with Gasteiger partial charge in [0.2, 0.25) is 5.95 Å². The number of anilines is 3. The van der Waals surface area contributed by atoms with Gasteiger partial charge in [-0.1, -0.05) is 0 Å². The largest absolute Gasteiger partial charge is 0.419 e. The number of nitrogens with one attached hydrogen (secondary N) is 1. The van der Waals surface area contributed by atoms with E-state index in [9.17, 15) is 13.2 Å². The molecule has 0 unspecified atom stereocenters. The minimum atomic E-state index is -4.45. The number of rotatable bonds is 5. The maximum atomic E-state index is 12.8. The average Bonchev–Trinajstić information content (AvgIpc) is 3.61. The number of tetrazole rings is 1. The van der Waals surface area contributed by atoms with Crippen LogP contribution in [0.3, 0.4) is 0 Å². The monoisotopic (exact) mass is 522 g/mol. The molecule has 0 spiro atoms. The second-order valence-electron chi connectivity index (χ2n) is 8.87. The molecular formula is C23H21F3N12. The van der Waals surface area contributed by atoms with E-state index in [2.05, 4.69) is 45.8 Å². The van der Waals surface area contributed by atoms with E-state index in [0.717, 1.165) is 42.3 Å². The summed E-state index contributed by atoms with van der Waals surface area (Å²) >= 11 is 0. The van der Waals surface area contributed by atoms with Crippen molar-refractivity contribution < 1.29 is 13.2 Å². The molecule has 12 nitrogen and oxygen atoms in total. The Hall–Kier alpha value is -4.69. The smallest absolute Gasteiger partial charge is 0.341 e. The third-order valence-electron chi connectivity index (χ3n) is 6.53. The van der Waals surface area contributed by atoms with Crippen LogP contribution in [-0.4, -0.2) is 62.6 Å². The lowest BCUT2D eigenvalue weighted by Crippen LogP contribution is -2.34. The highest BCUT2D eigenvalue weighted by Crippen LogP contribution is 2.32. The van der Waals surface area contributed by atoms with Crippen molar-refractivity contribution in [1.82, 2.24) is 49.5 Å². The first-order valence-corrected chi connectivity index (χ1v) is 11.8. The van der Waals surface area contributed by atoms with Crippen LogP contribution >= 0.6 is 0 Å². The van der Waals surface area contributed by atoms with Crippen molar-refractivity contribution in [3.8, 4) is 5.82 Å². The van der Waals surface area contributed by atoms with Crippen molar-refractivity contribution in [2.45, 2.75) is 31.9 Å². The van der Waals surface area contributed by atoms with Crippen LogP contribution in [0.4, 0.5) is 30.6 Å². The molecule has 0 aliphatic carbocycles. The molecule has 15 heteroatoms. The summed E-state index contributed by atoms with van der Waals surface area (Å²) in [5.41, 5.74) is 2.39. The average molecular weight is 522 g/mol. The number of hydrogen-bond acceptors (Lipinski definition) is 10. The number of nitrogens with zero attached hydrogens (tertiary/aromatic N) is 11. The maximum absolute atomic E-state index is 12.8. The fourth-order valence-electron chi connectivity index (χ4n) is 4.54. The normalized spacial score (nSPS) is 14.8. The molecule has 0 aromatic carbocycles. The molecule has 1 saturated heterocycles. The Morgan fingerprint density at radius 3 is 2.47 bits per heavy atom. The lowest BCUT2D eigenvalue weighted by molar-refractivity contribution is -0.138. The predicted molar refractivity (Wildman–Crippen MR) is 129 cm³/mol. The fourth-order valence-corrected chi connectivity index (χ4v) is 4.54. The van der Waals surface area contributed by atoms with Gasteiger partial charge in [-0.25, -0.2) is 24.9 Å². The summed E-state index contributed by atoms with van der Waals surface area (Å²) in [5.74, 6) is 1.71. The summed E-state index contributed by atoms with van der Waals surface area (Å²) in [4.78, 5) is 23.4. The van der Waals surface area contributed by atoms with Gasteiger partial charge in [0.1, 0.15) is 6.33 Å². The SMILES string of the molecule is Cc1nc(-n2cnnn2)ccc1Nc1nccn2c(C3CCN(c4ncc(C(F)(F)F)cn4)CC3)cnc12. The van der Waals surface area contributed by atoms with Crippen molar-refractivity contribution >= 4 is 23.1 Å². The van der Waals surface area contributed by atoms with Crippen LogP contribution in [-0.2, 0) is 6.18 Å². The zero-order valence-corrected chi connectivity index (χ0v) is 20.1. The van der Waals surface area contributed by atoms with Crippen LogP contribution in [0, 0.1) is 6.92 Å². The number of halogens is 3. The number of aromatic nitrogens is 10. The zero-order valence-electron chi connectivity index (χ0n) is 20.1. The number of pyridine rings is 1. The molecule has 38 heavy (non-hydrogen) atoms. The number of piperidine rings is 1. The number of hydrogen-bond donors (Lipinski definition) is 1. The highest BCUT2D eigenvalue weighted by atomic mass is 19.4. The first-order valence-electron chi connectivity index (χ1n) is 11.8. The van der Waals surface area contributed by atoms with Crippen LogP contribution in [0.5, 0.6) is 0 Å². The third kappa shape index (κ3) is 4.46. The van der Waals surface area contributed by atoms with Crippen molar-refractivity contribution in [2.75, 3.05) is 23.3 Å². The summed E-state index contributed by atoms with van der Waals surface area (Å²) in [6.45, 7) is 3.12. The minimum absolute atomic E-state index is 0.213. The first kappa shape index (κ1) is 23.7. The Morgan fingerprint density at radius 2 is 1.79 bits per heavy atom. The summed E-state index contributed by atoms with van der Waals surface area (Å²) < 4.78 is 41.9. The summed E-state index contributed by atoms with van der Waals surface area (Å²) in [7, 11) is 0. The molecule has 0 saturated carbocycles. The van der Waals surface area contributed by atoms with Crippen molar-refractivity contribution in [3.05, 3.63) is 66.4 Å². The molecule has 6 heterocycles. The van der Waals surface area contributed by atoms with Crippen LogP contribution in [0.15, 0.2) is 49.4 Å². The lowest BCUT2D eigenvalue weighted by Gasteiger charge is -2.31. The first-order chi connectivity index (χ1) is 18.4. The van der Waals surface area contributed by atoms with Gasteiger partial charge in [-0.05, 0) is 42.3 Å². The molecule has 6 rings (SSSR count). The van der Waals surface area contributed by atoms with E-state index >= 15 is 0 Å². The van der Waals surface area contributed by atoms with Gasteiger partial charge in [0, 0.05) is 55.7 Å². The Bertz CT molecular complexity index is 1560. The van der Waals surface area contributed by atoms with E-state index in [4.69, 9.17) is 0 Å². The van der Waals surface area contributed by atoms with E-state index in [1.165, 1.54) is 11.0 Å². The van der Waals surface area contributed by atoms with E-state index in [0.29, 0.717) is 36.3 Å². The van der Waals surface area contributed by atoms with Gasteiger partial charge in [-0.15, -0.1) is 5.10 Å². The number of imidazole rings is 1. The van der Waals surface area contributed by atoms with Crippen LogP contribution < -0.4 is 10.2 Å². The van der Waals surface area contributed by atoms with Gasteiger partial charge in [0.05, 0.1) is 16.9 Å². The Kier molecular flexibility index (Phi) is 5.81. The zero-order chi connectivity index (χ0) is 26.3. The summed E-state index contributed by atoms with van der Waals surface area (Å²) in [6.07, 6.45) is 5.69. The molecular weight excluding hydrogens is 501 g/mol. The third-order valence-corrected chi connectivity index (χ3v) is 6.53. The highest BCUT2D eigenvalue weighted by Gasteiger charge is 2.32. The van der Waals surface area contributed by atoms with E-state index in [1.807, 2.05) is 34.7 Å². The summed E-state index contributed by atoms with van der Waals surface area (Å²) in [6, 6.07) is 3.68. The van der Waals surface area contributed by atoms with E-state index < -0.39 is 11.7 Å². The fraction of sp³-hybridized carbons (Fsp3) is 0.304. The van der Waals surface area contributed by atoms with Gasteiger partial charge in [-0.2, -0.15) is 17.9 Å². The molecule has 1 fully saturated rings. The Morgan fingerprint density at radius 1 is 1.00 bits per heavy atom. The minimum Gasteiger partial charge on any atom is -0.341 e. The molecule has 5 aromatic heterocycles. The second-order valence-corrected chi connectivity index (χ2v) is 8.87. The molecule has 1 N–H and O–H groups in total. The molecule has 0 bridgehead atoms. The Labute approximate surface area is 213 Å². The quantitative estimate of drug-likeness (QED) is 0.367. The van der Waals surface area contributed by atoms with Gasteiger partial charge in [0.15, 0.2) is 17.3 Å². The van der Waals surface area contributed by atoms with E-state index in [-0.39, 0.29) is 5.92 Å². The maximum Gasteiger partial charge on any atom is 0.419 e. The molecule has 5 aromatic rings. The van der Waals surface area contributed by atoms with Crippen LogP contribution in [0.25, 0.3) is 11.5 Å². The number of aryl methyl sites for hydroxylation is 1. The standard InChI is InChI=1S/C23H21F3N12/c1-14-17(2-3-19(32-14)38-13-31-34-35-38)33-20-21-28-12-18(37(21)9-6-27-20)15-4-7-36(8-5-15)22-29-10-16(11-30-22)23(24,25)26/h2-3,6,9-13,15H,4-5,7-8H2,1H3,(H,27,33). The molecule has 0 amide bonds. The highest BCUT2D eigenvalue weighted by molar-refractivity contribution is 5.71. The molecule has 1 aliphatic heterocycles. The van der Waals surface area contributed by atoms with Gasteiger partial charge >= 0.3 is 6.18 Å². The van der Waals surface area contributed by atoms with Crippen LogP contribution in [0.1, 0.15) is 35.7 Å². The topological polar surface area (TPSA) is 128 Å². The molecule has 0 radical (unpaired) electrons. The second kappa shape index (κ2) is 9.32. The Balaban J connectivity index is 1.17. The number of fused-ring (bicyclic) bond motifs is 1. The van der Waals surface area contributed by atoms with E-state index in [1.54, 1.807) is 12.3 Å². The van der Waals surface area contributed by atoms with Crippen molar-refractivity contribution in [3.63, 3.8) is 0 Å². The lowest BCUT2D eigenvalue weighted by atomic mass is 9.94. The molecule has 1 aliphatic rings. The van der Waals surface area contributed by atoms with Crippen molar-refractivity contribution in [1.29, 1.82) is 0 Å². The predicted octanol–water partition coefficient (Wildman–Crippen LogP) is 3.34. The molecule has 194 valence electrons. The van der Waals surface area contributed by atoms with Crippen molar-refractivity contribution in [2.24, 2.45) is 0 Å². The summed E-state index contributed by atoms with van der Waals surface area (Å²) in [5, 5.41) is 14.5. The van der Waals surface area contributed by atoms with Gasteiger partial charge in [0.25, 0.3) is 0 Å².